The van der Waals surface area contributed by atoms with Crippen LogP contribution in [0.25, 0.3) is 0 Å². The molecule has 0 aliphatic carbocycles. The molecule has 0 aromatic rings. The van der Waals surface area contributed by atoms with E-state index in [-0.39, 0.29) is 0 Å². The Labute approximate surface area is 161 Å². The smallest absolute Gasteiger partial charge is 0.237 e. The van der Waals surface area contributed by atoms with Crippen LogP contribution in [0.5, 0.6) is 0 Å². The lowest BCUT2D eigenvalue weighted by molar-refractivity contribution is -0.311. The normalized spacial score (nSPS) is 18.3. The van der Waals surface area contributed by atoms with Crippen molar-refractivity contribution in [2.45, 2.75) is 61.2 Å². The van der Waals surface area contributed by atoms with Gasteiger partial charge in [-0.2, -0.15) is 45.6 Å². The number of nitriles is 2. The fraction of sp³-hybridized carbons (Fsp3) is 0.846. The first-order chi connectivity index (χ1) is 13.6. The summed E-state index contributed by atoms with van der Waals surface area (Å²) in [6.45, 7) is 0. The van der Waals surface area contributed by atoms with E-state index in [1.165, 1.54) is 0 Å². The van der Waals surface area contributed by atoms with Crippen molar-refractivity contribution in [1.82, 2.24) is 0 Å². The lowest BCUT2D eigenvalue weighted by Crippen LogP contribution is -2.66. The quantitative estimate of drug-likeness (QED) is 0.380. The van der Waals surface area contributed by atoms with Crippen molar-refractivity contribution >= 4 is 0 Å². The summed E-state index contributed by atoms with van der Waals surface area (Å²) in [6, 6.07) is -0.800. The van der Waals surface area contributed by atoms with Gasteiger partial charge >= 0.3 is 23.7 Å². The molecule has 0 spiro atoms. The van der Waals surface area contributed by atoms with Crippen molar-refractivity contribution in [3.8, 4) is 12.1 Å². The molecule has 0 saturated heterocycles. The predicted octanol–water partition coefficient (Wildman–Crippen LogP) is 5.44. The summed E-state index contributed by atoms with van der Waals surface area (Å²) in [7, 11) is 0. The number of rotatable bonds is 10. The highest BCUT2D eigenvalue weighted by Gasteiger charge is 2.79. The van der Waals surface area contributed by atoms with Gasteiger partial charge < -0.3 is 0 Å². The molecule has 0 N–H and O–H groups in total. The van der Waals surface area contributed by atoms with Crippen LogP contribution in [-0.2, 0) is 0 Å². The first-order valence-corrected chi connectivity index (χ1v) is 7.10. The summed E-state index contributed by atoms with van der Waals surface area (Å²) in [5.74, 6) is -28.1. The molecule has 0 aromatic carbocycles. The van der Waals surface area contributed by atoms with Crippen molar-refractivity contribution in [3.63, 3.8) is 0 Å². The number of hydrogen-bond acceptors (Lipinski definition) is 2. The topological polar surface area (TPSA) is 47.6 Å². The molecule has 4 atom stereocenters. The molecular formula is C13H6F16N2. The maximum absolute atomic E-state index is 14.0. The molecule has 18 heteroatoms. The molecule has 4 unspecified atom stereocenters. The molecule has 0 heterocycles. The highest BCUT2D eigenvalue weighted by atomic mass is 19.3. The van der Waals surface area contributed by atoms with Gasteiger partial charge in [-0.25, -0.2) is 35.1 Å². The van der Waals surface area contributed by atoms with Crippen LogP contribution in [0.2, 0.25) is 0 Å². The largest absolute Gasteiger partial charge is 0.349 e. The molecule has 31 heavy (non-hydrogen) atoms. The first-order valence-electron chi connectivity index (χ1n) is 7.10. The SMILES string of the molecule is N#CC(C#N)(C(F)C(F)(F)C(F)(F)C(F)C(F)F)C(F)C(F)(F)C(F)(F)C(F)C(F)F. The fourth-order valence-electron chi connectivity index (χ4n) is 1.97. The van der Waals surface area contributed by atoms with Gasteiger partial charge in [0.25, 0.3) is 12.9 Å². The van der Waals surface area contributed by atoms with Crippen LogP contribution in [0, 0.1) is 28.1 Å². The molecule has 0 aliphatic rings. The minimum absolute atomic E-state index is 0.400. The van der Waals surface area contributed by atoms with Crippen LogP contribution in [0.1, 0.15) is 0 Å². The second-order valence-corrected chi connectivity index (χ2v) is 5.78. The van der Waals surface area contributed by atoms with Crippen LogP contribution in [-0.4, -0.2) is 61.2 Å². The third-order valence-corrected chi connectivity index (χ3v) is 3.83. The molecule has 180 valence electrons. The summed E-state index contributed by atoms with van der Waals surface area (Å²) in [4.78, 5) is 0. The summed E-state index contributed by atoms with van der Waals surface area (Å²) in [6.07, 6.45) is -32.1. The molecule has 0 saturated carbocycles. The number of hydrogen-bond donors (Lipinski definition) is 0. The second kappa shape index (κ2) is 8.78. The zero-order valence-corrected chi connectivity index (χ0v) is 13.9. The monoisotopic (exact) mass is 494 g/mol. The van der Waals surface area contributed by atoms with Crippen molar-refractivity contribution in [2.24, 2.45) is 5.41 Å². The fourth-order valence-corrected chi connectivity index (χ4v) is 1.97. The molecule has 0 aromatic heterocycles. The van der Waals surface area contributed by atoms with E-state index in [1.807, 2.05) is 0 Å². The minimum atomic E-state index is -7.11. The Morgan fingerprint density at radius 3 is 0.839 bits per heavy atom. The molecule has 0 aliphatic heterocycles. The van der Waals surface area contributed by atoms with Gasteiger partial charge in [-0.05, 0) is 0 Å². The van der Waals surface area contributed by atoms with Crippen LogP contribution >= 0.6 is 0 Å². The first kappa shape index (κ1) is 28.9. The average molecular weight is 494 g/mol. The van der Waals surface area contributed by atoms with E-state index >= 15 is 0 Å². The van der Waals surface area contributed by atoms with E-state index < -0.39 is 78.8 Å². The standard InChI is InChI=1S/C13H6F16N2/c14-3(5(16)17)10(22,23)12(26,27)7(20)9(1-30,2-31)8(21)13(28,29)11(24,25)4(15)6(18)19/h3-8H. The molecule has 0 fully saturated rings. The zero-order valence-electron chi connectivity index (χ0n) is 13.9. The number of nitrogens with zero attached hydrogens (tertiary/aromatic N) is 2. The lowest BCUT2D eigenvalue weighted by atomic mass is 9.73. The third-order valence-electron chi connectivity index (χ3n) is 3.83. The van der Waals surface area contributed by atoms with E-state index in [1.54, 1.807) is 0 Å². The average Bonchev–Trinajstić information content (AvgIpc) is 2.66. The Hall–Kier alpha value is -2.14. The Morgan fingerprint density at radius 2 is 0.677 bits per heavy atom. The van der Waals surface area contributed by atoms with E-state index in [0.717, 1.165) is 0 Å². The molecule has 0 bridgehead atoms. The second-order valence-electron chi connectivity index (χ2n) is 5.78. The van der Waals surface area contributed by atoms with Gasteiger partial charge in [0.2, 0.25) is 30.1 Å². The Balaban J connectivity index is 6.67. The van der Waals surface area contributed by atoms with Gasteiger partial charge in [-0.3, -0.25) is 0 Å². The van der Waals surface area contributed by atoms with Crippen LogP contribution in [0.15, 0.2) is 0 Å². The summed E-state index contributed by atoms with van der Waals surface area (Å²) < 4.78 is 209. The minimum Gasteiger partial charge on any atom is -0.237 e. The van der Waals surface area contributed by atoms with Crippen molar-refractivity contribution in [3.05, 3.63) is 0 Å². The van der Waals surface area contributed by atoms with Gasteiger partial charge in [0.05, 0.1) is 12.1 Å². The highest BCUT2D eigenvalue weighted by molar-refractivity contribution is 5.28. The summed E-state index contributed by atoms with van der Waals surface area (Å²) in [5.41, 5.74) is -5.68. The Kier molecular flexibility index (Phi) is 8.17. The Bertz CT molecular complexity index is 647. The van der Waals surface area contributed by atoms with E-state index in [2.05, 4.69) is 0 Å². The zero-order chi connectivity index (χ0) is 25.4. The van der Waals surface area contributed by atoms with Crippen LogP contribution in [0.3, 0.4) is 0 Å². The van der Waals surface area contributed by atoms with E-state index in [4.69, 9.17) is 10.5 Å². The van der Waals surface area contributed by atoms with Gasteiger partial charge in [0.1, 0.15) is 0 Å². The van der Waals surface area contributed by atoms with Crippen molar-refractivity contribution in [2.75, 3.05) is 0 Å². The van der Waals surface area contributed by atoms with Gasteiger partial charge in [-0.15, -0.1) is 0 Å². The van der Waals surface area contributed by atoms with Crippen molar-refractivity contribution in [1.29, 1.82) is 10.5 Å². The lowest BCUT2D eigenvalue weighted by Gasteiger charge is -2.39. The molecule has 0 rings (SSSR count). The van der Waals surface area contributed by atoms with Gasteiger partial charge in [0, 0.05) is 0 Å². The highest BCUT2D eigenvalue weighted by Crippen LogP contribution is 2.54. The molecular weight excluding hydrogens is 488 g/mol. The van der Waals surface area contributed by atoms with Crippen LogP contribution < -0.4 is 0 Å². The Morgan fingerprint density at radius 1 is 0.452 bits per heavy atom. The maximum atomic E-state index is 14.0. The summed E-state index contributed by atoms with van der Waals surface area (Å²) >= 11 is 0. The third kappa shape index (κ3) is 4.30. The van der Waals surface area contributed by atoms with Crippen molar-refractivity contribution < 1.29 is 70.2 Å². The van der Waals surface area contributed by atoms with Crippen LogP contribution in [0.4, 0.5) is 70.2 Å². The molecule has 2 nitrogen and oxygen atoms in total. The number of halogens is 16. The molecule has 0 radical (unpaired) electrons. The molecule has 0 amide bonds. The van der Waals surface area contributed by atoms with E-state index in [0.29, 0.717) is 0 Å². The van der Waals surface area contributed by atoms with Gasteiger partial charge in [0.15, 0.2) is 0 Å². The number of alkyl halides is 16. The van der Waals surface area contributed by atoms with E-state index in [9.17, 15) is 70.2 Å². The predicted molar refractivity (Wildman–Crippen MR) is 65.0 cm³/mol. The maximum Gasteiger partial charge on any atom is 0.349 e. The summed E-state index contributed by atoms with van der Waals surface area (Å²) in [5, 5.41) is 17.0. The van der Waals surface area contributed by atoms with Gasteiger partial charge in [-0.1, -0.05) is 0 Å².